The van der Waals surface area contributed by atoms with Gasteiger partial charge in [-0.25, -0.2) is 0 Å². The molecule has 2 N–H and O–H groups in total. The smallest absolute Gasteiger partial charge is 0.240 e. The van der Waals surface area contributed by atoms with Crippen LogP contribution in [0, 0.1) is 0 Å². The first-order chi connectivity index (χ1) is 5.45. The first-order valence-corrected chi connectivity index (χ1v) is 3.23. The molecule has 0 aromatic carbocycles. The Bertz CT molecular complexity index is 193. The fourth-order valence-corrected chi connectivity index (χ4v) is 0.129. The van der Waals surface area contributed by atoms with Crippen LogP contribution in [-0.4, -0.2) is 23.8 Å². The van der Waals surface area contributed by atoms with E-state index < -0.39 is 5.91 Å². The fourth-order valence-electron chi connectivity index (χ4n) is 0.129. The van der Waals surface area contributed by atoms with Gasteiger partial charge >= 0.3 is 0 Å². The molecule has 0 atom stereocenters. The van der Waals surface area contributed by atoms with Crippen LogP contribution in [0.3, 0.4) is 0 Å². The lowest BCUT2D eigenvalue weighted by atomic mass is 10.6. The zero-order valence-corrected chi connectivity index (χ0v) is 8.63. The molecule has 0 radical (unpaired) electrons. The van der Waals surface area contributed by atoms with E-state index in [1.807, 2.05) is 0 Å². The van der Waals surface area contributed by atoms with Gasteiger partial charge in [0.1, 0.15) is 0 Å². The third-order valence-electron chi connectivity index (χ3n) is 0.972. The number of nitrogens with zero attached hydrogens (tertiary/aromatic N) is 1. The Hall–Kier alpha value is -1.29. The number of primary amides is 1. The van der Waals surface area contributed by atoms with Crippen molar-refractivity contribution in [3.05, 3.63) is 25.4 Å². The molecular formula is C8H15ClN2O2. The van der Waals surface area contributed by atoms with Gasteiger partial charge in [-0.2, -0.15) is 0 Å². The van der Waals surface area contributed by atoms with Crippen molar-refractivity contribution in [1.82, 2.24) is 4.90 Å². The lowest BCUT2D eigenvalue weighted by molar-refractivity contribution is -0.125. The number of amides is 2. The van der Waals surface area contributed by atoms with Crippen LogP contribution in [0.2, 0.25) is 0 Å². The number of rotatable bonds is 2. The normalized spacial score (nSPS) is 6.62. The highest BCUT2D eigenvalue weighted by Crippen LogP contribution is 1.79. The van der Waals surface area contributed by atoms with Crippen molar-refractivity contribution in [2.75, 3.05) is 7.05 Å². The maximum Gasteiger partial charge on any atom is 0.240 e. The molecule has 2 amide bonds. The highest BCUT2D eigenvalue weighted by molar-refractivity contribution is 5.85. The zero-order chi connectivity index (χ0) is 10.1. The summed E-state index contributed by atoms with van der Waals surface area (Å²) < 4.78 is 0. The van der Waals surface area contributed by atoms with Gasteiger partial charge in [0, 0.05) is 14.0 Å². The minimum Gasteiger partial charge on any atom is -0.366 e. The summed E-state index contributed by atoms with van der Waals surface area (Å²) >= 11 is 0. The number of halogens is 1. The van der Waals surface area contributed by atoms with Gasteiger partial charge in [0.15, 0.2) is 0 Å². The molecule has 0 aliphatic heterocycles. The number of carbonyl (C=O) groups excluding carboxylic acids is 2. The minimum atomic E-state index is -0.481. The van der Waals surface area contributed by atoms with Crippen molar-refractivity contribution in [1.29, 1.82) is 0 Å². The Balaban J connectivity index is -0.000000150. The van der Waals surface area contributed by atoms with Crippen molar-refractivity contribution in [3.8, 4) is 0 Å². The Morgan fingerprint density at radius 1 is 1.38 bits per heavy atom. The molecule has 0 aliphatic rings. The van der Waals surface area contributed by atoms with Gasteiger partial charge in [0.05, 0.1) is 0 Å². The van der Waals surface area contributed by atoms with Crippen LogP contribution in [0.25, 0.3) is 0 Å². The molecular weight excluding hydrogens is 192 g/mol. The second-order valence-electron chi connectivity index (χ2n) is 1.92. The maximum absolute atomic E-state index is 10.2. The third kappa shape index (κ3) is 18.0. The summed E-state index contributed by atoms with van der Waals surface area (Å²) in [6, 6.07) is 0. The second-order valence-corrected chi connectivity index (χ2v) is 1.92. The number of hydrogen-bond donors (Lipinski definition) is 1. The Labute approximate surface area is 84.5 Å². The summed E-state index contributed by atoms with van der Waals surface area (Å²) in [4.78, 5) is 21.1. The van der Waals surface area contributed by atoms with Crippen molar-refractivity contribution >= 4 is 24.2 Å². The zero-order valence-electron chi connectivity index (χ0n) is 7.82. The Morgan fingerprint density at radius 3 is 1.69 bits per heavy atom. The molecule has 0 fully saturated rings. The first kappa shape index (κ1) is 17.7. The molecule has 4 nitrogen and oxygen atoms in total. The van der Waals surface area contributed by atoms with E-state index in [9.17, 15) is 9.59 Å². The van der Waals surface area contributed by atoms with E-state index in [1.54, 1.807) is 7.05 Å². The van der Waals surface area contributed by atoms with E-state index in [0.717, 1.165) is 6.08 Å². The summed E-state index contributed by atoms with van der Waals surface area (Å²) in [7, 11) is 1.66. The van der Waals surface area contributed by atoms with E-state index >= 15 is 0 Å². The topological polar surface area (TPSA) is 63.4 Å². The van der Waals surface area contributed by atoms with Gasteiger partial charge in [-0.05, 0) is 12.3 Å². The van der Waals surface area contributed by atoms with E-state index in [-0.39, 0.29) is 18.3 Å². The van der Waals surface area contributed by atoms with E-state index in [0.29, 0.717) is 0 Å². The molecule has 13 heavy (non-hydrogen) atoms. The molecule has 0 aliphatic carbocycles. The van der Waals surface area contributed by atoms with Gasteiger partial charge in [0.25, 0.3) is 0 Å². The Morgan fingerprint density at radius 2 is 1.69 bits per heavy atom. The predicted molar refractivity (Wildman–Crippen MR) is 55.3 cm³/mol. The second kappa shape index (κ2) is 10.7. The van der Waals surface area contributed by atoms with Crippen molar-refractivity contribution in [2.45, 2.75) is 6.92 Å². The average Bonchev–Trinajstić information content (AvgIpc) is 2.04. The van der Waals surface area contributed by atoms with Crippen molar-refractivity contribution in [2.24, 2.45) is 5.73 Å². The van der Waals surface area contributed by atoms with Crippen molar-refractivity contribution in [3.63, 3.8) is 0 Å². The summed E-state index contributed by atoms with van der Waals surface area (Å²) in [6.45, 7) is 7.96. The lowest BCUT2D eigenvalue weighted by Gasteiger charge is -2.04. The molecule has 0 aromatic heterocycles. The minimum absolute atomic E-state index is 0. The maximum atomic E-state index is 10.2. The van der Waals surface area contributed by atoms with Crippen molar-refractivity contribution < 1.29 is 9.59 Å². The van der Waals surface area contributed by atoms with Gasteiger partial charge in [0.2, 0.25) is 11.8 Å². The standard InChI is InChI=1S/C5H9NO.C3H5NO.ClH/c1-4-6(3)5(2)7;1-2-3(4)5;/h4H,1H2,2-3H3;2H,1H2,(H2,4,5);1H. The van der Waals surface area contributed by atoms with Crippen LogP contribution in [0.15, 0.2) is 25.4 Å². The molecule has 0 spiro atoms. The molecule has 0 aromatic rings. The third-order valence-corrected chi connectivity index (χ3v) is 0.972. The van der Waals surface area contributed by atoms with Gasteiger partial charge in [-0.3, -0.25) is 9.59 Å². The quantitative estimate of drug-likeness (QED) is 0.676. The fraction of sp³-hybridized carbons (Fsp3) is 0.250. The Kier molecular flexibility index (Phi) is 14.6. The summed E-state index contributed by atoms with van der Waals surface area (Å²) in [5.74, 6) is -0.472. The number of carbonyl (C=O) groups is 2. The summed E-state index contributed by atoms with van der Waals surface area (Å²) in [5, 5.41) is 0. The van der Waals surface area contributed by atoms with Crippen LogP contribution < -0.4 is 5.73 Å². The van der Waals surface area contributed by atoms with Gasteiger partial charge < -0.3 is 10.6 Å². The SMILES string of the molecule is C=CC(N)=O.C=CN(C)C(C)=O.Cl. The predicted octanol–water partition coefficient (Wildman–Crippen LogP) is 0.688. The lowest BCUT2D eigenvalue weighted by Crippen LogP contribution is -2.15. The number of nitrogens with two attached hydrogens (primary N) is 1. The van der Waals surface area contributed by atoms with E-state index in [1.165, 1.54) is 18.0 Å². The monoisotopic (exact) mass is 206 g/mol. The molecule has 0 bridgehead atoms. The summed E-state index contributed by atoms with van der Waals surface area (Å²) in [5.41, 5.74) is 4.53. The van der Waals surface area contributed by atoms with Crippen LogP contribution in [0.5, 0.6) is 0 Å². The molecule has 0 rings (SSSR count). The van der Waals surface area contributed by atoms with Gasteiger partial charge in [-0.1, -0.05) is 13.2 Å². The molecule has 0 heterocycles. The van der Waals surface area contributed by atoms with E-state index in [4.69, 9.17) is 0 Å². The molecule has 76 valence electrons. The highest BCUT2D eigenvalue weighted by Gasteiger charge is 1.90. The average molecular weight is 207 g/mol. The largest absolute Gasteiger partial charge is 0.366 e. The molecule has 5 heteroatoms. The van der Waals surface area contributed by atoms with Crippen LogP contribution in [0.4, 0.5) is 0 Å². The van der Waals surface area contributed by atoms with E-state index in [2.05, 4.69) is 18.9 Å². The molecule has 0 saturated heterocycles. The highest BCUT2D eigenvalue weighted by atomic mass is 35.5. The summed E-state index contributed by atoms with van der Waals surface area (Å²) in [6.07, 6.45) is 2.53. The van der Waals surface area contributed by atoms with Crippen LogP contribution in [0.1, 0.15) is 6.92 Å². The van der Waals surface area contributed by atoms with Crippen LogP contribution >= 0.6 is 12.4 Å². The molecule has 0 unspecified atom stereocenters. The van der Waals surface area contributed by atoms with Crippen LogP contribution in [-0.2, 0) is 9.59 Å². The first-order valence-electron chi connectivity index (χ1n) is 3.23. The number of hydrogen-bond acceptors (Lipinski definition) is 2. The molecule has 0 saturated carbocycles. The van der Waals surface area contributed by atoms with Gasteiger partial charge in [-0.15, -0.1) is 12.4 Å².